The molecule has 0 radical (unpaired) electrons. The van der Waals surface area contributed by atoms with E-state index in [1.807, 2.05) is 6.92 Å². The summed E-state index contributed by atoms with van der Waals surface area (Å²) in [4.78, 5) is 14.0. The van der Waals surface area contributed by atoms with Crippen molar-refractivity contribution in [1.82, 2.24) is 10.2 Å². The smallest absolute Gasteiger partial charge is 0.237 e. The fourth-order valence-electron chi connectivity index (χ4n) is 1.94. The van der Waals surface area contributed by atoms with Crippen molar-refractivity contribution in [2.75, 3.05) is 32.8 Å². The first-order valence-corrected chi connectivity index (χ1v) is 6.52. The molecule has 0 bridgehead atoms. The Morgan fingerprint density at radius 1 is 1.65 bits per heavy atom. The van der Waals surface area contributed by atoms with Gasteiger partial charge in [-0.2, -0.15) is 0 Å². The van der Waals surface area contributed by atoms with Crippen molar-refractivity contribution in [3.8, 4) is 0 Å². The molecule has 1 aliphatic rings. The molecule has 0 aromatic rings. The molecule has 1 rings (SSSR count). The molecule has 0 aromatic heterocycles. The van der Waals surface area contributed by atoms with Gasteiger partial charge in [-0.05, 0) is 13.3 Å². The summed E-state index contributed by atoms with van der Waals surface area (Å²) in [6.07, 6.45) is 2.20. The molecule has 2 atom stereocenters. The van der Waals surface area contributed by atoms with Gasteiger partial charge in [0.25, 0.3) is 0 Å². The molecule has 3 N–H and O–H groups in total. The molecule has 5 nitrogen and oxygen atoms in total. The van der Waals surface area contributed by atoms with Gasteiger partial charge in [0.1, 0.15) is 0 Å². The first kappa shape index (κ1) is 14.4. The van der Waals surface area contributed by atoms with Gasteiger partial charge in [-0.3, -0.25) is 9.69 Å². The SMILES string of the molecule is CCCCNC(=O)C(C)N1CCOC(CN)C1. The number of carbonyl (C=O) groups excluding carboxylic acids is 1. The molecule has 1 amide bonds. The van der Waals surface area contributed by atoms with Gasteiger partial charge in [0.15, 0.2) is 0 Å². The van der Waals surface area contributed by atoms with Crippen LogP contribution < -0.4 is 11.1 Å². The van der Waals surface area contributed by atoms with Crippen LogP contribution in [0.3, 0.4) is 0 Å². The Kier molecular flexibility index (Phi) is 6.47. The predicted octanol–water partition coefficient (Wildman–Crippen LogP) is -0.0493. The molecule has 2 unspecified atom stereocenters. The Morgan fingerprint density at radius 2 is 2.41 bits per heavy atom. The number of nitrogens with one attached hydrogen (secondary N) is 1. The Labute approximate surface area is 104 Å². The second kappa shape index (κ2) is 7.63. The van der Waals surface area contributed by atoms with Crippen LogP contribution in [0.5, 0.6) is 0 Å². The minimum absolute atomic E-state index is 0.0645. The number of nitrogens with zero attached hydrogens (tertiary/aromatic N) is 1. The predicted molar refractivity (Wildman–Crippen MR) is 67.7 cm³/mol. The zero-order valence-corrected chi connectivity index (χ0v) is 10.9. The van der Waals surface area contributed by atoms with E-state index in [0.717, 1.165) is 32.5 Å². The number of hydrogen-bond acceptors (Lipinski definition) is 4. The maximum absolute atomic E-state index is 11.9. The van der Waals surface area contributed by atoms with Crippen molar-refractivity contribution in [1.29, 1.82) is 0 Å². The number of carbonyl (C=O) groups is 1. The molecule has 17 heavy (non-hydrogen) atoms. The highest BCUT2D eigenvalue weighted by molar-refractivity contribution is 5.81. The third kappa shape index (κ3) is 4.61. The van der Waals surface area contributed by atoms with Crippen LogP contribution in [0.2, 0.25) is 0 Å². The molecule has 0 spiro atoms. The normalized spacial score (nSPS) is 23.4. The maximum Gasteiger partial charge on any atom is 0.237 e. The Hall–Kier alpha value is -0.650. The summed E-state index contributed by atoms with van der Waals surface area (Å²) >= 11 is 0. The van der Waals surface area contributed by atoms with Gasteiger partial charge in [0.05, 0.1) is 18.8 Å². The highest BCUT2D eigenvalue weighted by Gasteiger charge is 2.26. The molecular weight excluding hydrogens is 218 g/mol. The molecule has 1 fully saturated rings. The Balaban J connectivity index is 2.34. The van der Waals surface area contributed by atoms with Crippen LogP contribution in [0.15, 0.2) is 0 Å². The first-order chi connectivity index (χ1) is 8.19. The van der Waals surface area contributed by atoms with Crippen molar-refractivity contribution in [3.05, 3.63) is 0 Å². The van der Waals surface area contributed by atoms with Gasteiger partial charge in [-0.25, -0.2) is 0 Å². The van der Waals surface area contributed by atoms with Crippen molar-refractivity contribution < 1.29 is 9.53 Å². The standard InChI is InChI=1S/C12H25N3O2/c1-3-4-5-14-12(16)10(2)15-6-7-17-11(8-13)9-15/h10-11H,3-9,13H2,1-2H3,(H,14,16). The largest absolute Gasteiger partial charge is 0.374 e. The lowest BCUT2D eigenvalue weighted by Gasteiger charge is -2.35. The third-order valence-electron chi connectivity index (χ3n) is 3.19. The van der Waals surface area contributed by atoms with Crippen LogP contribution >= 0.6 is 0 Å². The highest BCUT2D eigenvalue weighted by atomic mass is 16.5. The van der Waals surface area contributed by atoms with E-state index in [9.17, 15) is 4.79 Å². The van der Waals surface area contributed by atoms with Crippen molar-refractivity contribution in [2.24, 2.45) is 5.73 Å². The topological polar surface area (TPSA) is 67.6 Å². The summed E-state index contributed by atoms with van der Waals surface area (Å²) in [7, 11) is 0. The van der Waals surface area contributed by atoms with Gasteiger partial charge < -0.3 is 15.8 Å². The molecular formula is C12H25N3O2. The zero-order valence-electron chi connectivity index (χ0n) is 10.9. The van der Waals surface area contributed by atoms with E-state index in [4.69, 9.17) is 10.5 Å². The average Bonchev–Trinajstić information content (AvgIpc) is 2.38. The monoisotopic (exact) mass is 243 g/mol. The lowest BCUT2D eigenvalue weighted by atomic mass is 10.2. The van der Waals surface area contributed by atoms with E-state index >= 15 is 0 Å². The van der Waals surface area contributed by atoms with Crippen LogP contribution in [0.4, 0.5) is 0 Å². The van der Waals surface area contributed by atoms with Gasteiger partial charge in [0.2, 0.25) is 5.91 Å². The molecule has 0 saturated carbocycles. The van der Waals surface area contributed by atoms with E-state index in [1.54, 1.807) is 0 Å². The van der Waals surface area contributed by atoms with Crippen LogP contribution in [0.1, 0.15) is 26.7 Å². The van der Waals surface area contributed by atoms with E-state index in [0.29, 0.717) is 13.2 Å². The quantitative estimate of drug-likeness (QED) is 0.642. The molecule has 0 aromatic carbocycles. The van der Waals surface area contributed by atoms with Crippen LogP contribution in [0.25, 0.3) is 0 Å². The number of hydrogen-bond donors (Lipinski definition) is 2. The Morgan fingerprint density at radius 3 is 3.06 bits per heavy atom. The van der Waals surface area contributed by atoms with E-state index in [-0.39, 0.29) is 18.1 Å². The van der Waals surface area contributed by atoms with Crippen molar-refractivity contribution in [3.63, 3.8) is 0 Å². The zero-order chi connectivity index (χ0) is 12.7. The number of morpholine rings is 1. The fourth-order valence-corrected chi connectivity index (χ4v) is 1.94. The van der Waals surface area contributed by atoms with Gasteiger partial charge in [-0.15, -0.1) is 0 Å². The fraction of sp³-hybridized carbons (Fsp3) is 0.917. The van der Waals surface area contributed by atoms with Gasteiger partial charge >= 0.3 is 0 Å². The lowest BCUT2D eigenvalue weighted by Crippen LogP contribution is -2.53. The summed E-state index contributed by atoms with van der Waals surface area (Å²) < 4.78 is 5.49. The summed E-state index contributed by atoms with van der Waals surface area (Å²) in [5.41, 5.74) is 5.59. The molecule has 1 aliphatic heterocycles. The van der Waals surface area contributed by atoms with E-state index < -0.39 is 0 Å². The minimum atomic E-state index is -0.0928. The molecule has 5 heteroatoms. The number of nitrogens with two attached hydrogens (primary N) is 1. The third-order valence-corrected chi connectivity index (χ3v) is 3.19. The van der Waals surface area contributed by atoms with Crippen LogP contribution in [0, 0.1) is 0 Å². The van der Waals surface area contributed by atoms with Crippen LogP contribution in [-0.4, -0.2) is 55.7 Å². The summed E-state index contributed by atoms with van der Waals surface area (Å²) in [5.74, 6) is 0.108. The molecule has 100 valence electrons. The Bertz CT molecular complexity index is 236. The number of ether oxygens (including phenoxy) is 1. The van der Waals surface area contributed by atoms with E-state index in [1.165, 1.54) is 0 Å². The average molecular weight is 243 g/mol. The minimum Gasteiger partial charge on any atom is -0.374 e. The van der Waals surface area contributed by atoms with E-state index in [2.05, 4.69) is 17.1 Å². The number of unbranched alkanes of at least 4 members (excludes halogenated alkanes) is 1. The molecule has 0 aliphatic carbocycles. The highest BCUT2D eigenvalue weighted by Crippen LogP contribution is 2.08. The number of rotatable bonds is 6. The first-order valence-electron chi connectivity index (χ1n) is 6.52. The maximum atomic E-state index is 11.9. The van der Waals surface area contributed by atoms with Gasteiger partial charge in [0, 0.05) is 26.2 Å². The summed E-state index contributed by atoms with van der Waals surface area (Å²) in [5, 5.41) is 2.96. The lowest BCUT2D eigenvalue weighted by molar-refractivity contribution is -0.128. The van der Waals surface area contributed by atoms with Crippen LogP contribution in [-0.2, 0) is 9.53 Å². The van der Waals surface area contributed by atoms with Gasteiger partial charge in [-0.1, -0.05) is 13.3 Å². The second-order valence-corrected chi connectivity index (χ2v) is 4.54. The number of amides is 1. The van der Waals surface area contributed by atoms with Crippen molar-refractivity contribution in [2.45, 2.75) is 38.8 Å². The summed E-state index contributed by atoms with van der Waals surface area (Å²) in [6.45, 7) is 7.56. The molecule has 1 heterocycles. The summed E-state index contributed by atoms with van der Waals surface area (Å²) in [6, 6.07) is -0.0928. The second-order valence-electron chi connectivity index (χ2n) is 4.54. The molecule has 1 saturated heterocycles. The van der Waals surface area contributed by atoms with Crippen molar-refractivity contribution >= 4 is 5.91 Å².